The van der Waals surface area contributed by atoms with Crippen LogP contribution in [0.4, 0.5) is 0 Å². The van der Waals surface area contributed by atoms with E-state index in [1.54, 1.807) is 6.92 Å². The maximum atomic E-state index is 11.9. The molecule has 1 heterocycles. The van der Waals surface area contributed by atoms with Crippen LogP contribution in [0.3, 0.4) is 0 Å². The Labute approximate surface area is 98.1 Å². The normalized spacial score (nSPS) is 26.6. The minimum Gasteiger partial charge on any atom is -0.379 e. The first-order chi connectivity index (χ1) is 7.73. The van der Waals surface area contributed by atoms with E-state index in [9.17, 15) is 4.79 Å². The van der Waals surface area contributed by atoms with Crippen molar-refractivity contribution < 1.29 is 9.53 Å². The van der Waals surface area contributed by atoms with E-state index in [0.29, 0.717) is 5.78 Å². The number of hydrogen-bond donors (Lipinski definition) is 0. The van der Waals surface area contributed by atoms with Crippen molar-refractivity contribution in [1.29, 1.82) is 0 Å². The summed E-state index contributed by atoms with van der Waals surface area (Å²) in [4.78, 5) is 14.3. The highest BCUT2D eigenvalue weighted by molar-refractivity contribution is 5.82. The van der Waals surface area contributed by atoms with E-state index in [1.807, 2.05) is 0 Å². The number of morpholine rings is 1. The van der Waals surface area contributed by atoms with Crippen LogP contribution >= 0.6 is 0 Å². The first-order valence-corrected chi connectivity index (χ1v) is 6.54. The third-order valence-corrected chi connectivity index (χ3v) is 4.19. The van der Waals surface area contributed by atoms with Gasteiger partial charge in [-0.05, 0) is 19.8 Å². The molecule has 3 heteroatoms. The van der Waals surface area contributed by atoms with Crippen molar-refractivity contribution in [2.24, 2.45) is 5.41 Å². The molecule has 92 valence electrons. The molecule has 0 spiro atoms. The number of carbonyl (C=O) groups excluding carboxylic acids is 1. The first-order valence-electron chi connectivity index (χ1n) is 6.54. The van der Waals surface area contributed by atoms with Gasteiger partial charge in [0.2, 0.25) is 0 Å². The number of ether oxygens (including phenoxy) is 1. The molecule has 0 bridgehead atoms. The lowest BCUT2D eigenvalue weighted by atomic mass is 9.71. The zero-order valence-corrected chi connectivity index (χ0v) is 10.3. The van der Waals surface area contributed by atoms with E-state index < -0.39 is 0 Å². The van der Waals surface area contributed by atoms with Gasteiger partial charge in [0.05, 0.1) is 13.2 Å². The number of carbonyl (C=O) groups is 1. The first kappa shape index (κ1) is 12.1. The summed E-state index contributed by atoms with van der Waals surface area (Å²) in [6.07, 6.45) is 5.95. The van der Waals surface area contributed by atoms with Gasteiger partial charge in [0.1, 0.15) is 5.78 Å². The van der Waals surface area contributed by atoms with Crippen molar-refractivity contribution >= 4 is 5.78 Å². The maximum absolute atomic E-state index is 11.9. The highest BCUT2D eigenvalue weighted by atomic mass is 16.5. The van der Waals surface area contributed by atoms with Crippen molar-refractivity contribution in [3.05, 3.63) is 0 Å². The Morgan fingerprint density at radius 1 is 1.19 bits per heavy atom. The zero-order chi connectivity index (χ0) is 11.4. The molecule has 2 aliphatic rings. The molecule has 0 atom stereocenters. The Balaban J connectivity index is 1.98. The van der Waals surface area contributed by atoms with Crippen molar-refractivity contribution in [3.8, 4) is 0 Å². The molecule has 1 saturated heterocycles. The third-order valence-electron chi connectivity index (χ3n) is 4.19. The minimum absolute atomic E-state index is 0.0322. The van der Waals surface area contributed by atoms with Gasteiger partial charge in [-0.1, -0.05) is 19.3 Å². The Morgan fingerprint density at radius 2 is 1.81 bits per heavy atom. The molecule has 2 rings (SSSR count). The second kappa shape index (κ2) is 5.28. The van der Waals surface area contributed by atoms with Crippen LogP contribution in [0.5, 0.6) is 0 Å². The average molecular weight is 225 g/mol. The summed E-state index contributed by atoms with van der Waals surface area (Å²) in [7, 11) is 0. The summed E-state index contributed by atoms with van der Waals surface area (Å²) in [5.74, 6) is 0.402. The van der Waals surface area contributed by atoms with Crippen LogP contribution in [-0.2, 0) is 9.53 Å². The molecule has 0 aromatic heterocycles. The van der Waals surface area contributed by atoms with Crippen LogP contribution in [0.25, 0.3) is 0 Å². The Morgan fingerprint density at radius 3 is 2.38 bits per heavy atom. The Hall–Kier alpha value is -0.410. The Kier molecular flexibility index (Phi) is 3.98. The zero-order valence-electron chi connectivity index (χ0n) is 10.3. The number of Topliss-reactive ketones (excluding diaryl/α,β-unsaturated/α-hetero) is 1. The van der Waals surface area contributed by atoms with Crippen molar-refractivity contribution in [2.45, 2.75) is 39.0 Å². The average Bonchev–Trinajstić information content (AvgIpc) is 2.31. The van der Waals surface area contributed by atoms with Crippen LogP contribution in [-0.4, -0.2) is 43.5 Å². The van der Waals surface area contributed by atoms with E-state index >= 15 is 0 Å². The van der Waals surface area contributed by atoms with Crippen molar-refractivity contribution in [1.82, 2.24) is 4.90 Å². The van der Waals surface area contributed by atoms with E-state index in [4.69, 9.17) is 4.74 Å². The lowest BCUT2D eigenvalue weighted by Crippen LogP contribution is -2.47. The molecular formula is C13H23NO2. The SMILES string of the molecule is CC(=O)C1(CN2CCOCC2)CCCCC1. The van der Waals surface area contributed by atoms with Crippen LogP contribution in [0.1, 0.15) is 39.0 Å². The second-order valence-electron chi connectivity index (χ2n) is 5.29. The molecule has 0 aromatic carbocycles. The van der Waals surface area contributed by atoms with E-state index in [-0.39, 0.29) is 5.41 Å². The topological polar surface area (TPSA) is 29.5 Å². The number of ketones is 1. The fraction of sp³-hybridized carbons (Fsp3) is 0.923. The van der Waals surface area contributed by atoms with Crippen molar-refractivity contribution in [3.63, 3.8) is 0 Å². The molecular weight excluding hydrogens is 202 g/mol. The molecule has 0 amide bonds. The number of nitrogens with zero attached hydrogens (tertiary/aromatic N) is 1. The van der Waals surface area contributed by atoms with E-state index in [1.165, 1.54) is 19.3 Å². The molecule has 0 unspecified atom stereocenters. The molecule has 1 saturated carbocycles. The Bertz CT molecular complexity index is 240. The second-order valence-corrected chi connectivity index (χ2v) is 5.29. The molecule has 16 heavy (non-hydrogen) atoms. The van der Waals surface area contributed by atoms with Crippen LogP contribution in [0.2, 0.25) is 0 Å². The number of rotatable bonds is 3. The number of hydrogen-bond acceptors (Lipinski definition) is 3. The molecule has 1 aliphatic carbocycles. The van der Waals surface area contributed by atoms with Gasteiger partial charge in [0, 0.05) is 25.0 Å². The van der Waals surface area contributed by atoms with Crippen molar-refractivity contribution in [2.75, 3.05) is 32.8 Å². The molecule has 0 aromatic rings. The lowest BCUT2D eigenvalue weighted by Gasteiger charge is -2.40. The summed E-state index contributed by atoms with van der Waals surface area (Å²) < 4.78 is 5.36. The summed E-state index contributed by atoms with van der Waals surface area (Å²) in [5.41, 5.74) is -0.0322. The van der Waals surface area contributed by atoms with Gasteiger partial charge >= 0.3 is 0 Å². The third kappa shape index (κ3) is 2.64. The largest absolute Gasteiger partial charge is 0.379 e. The van der Waals surface area contributed by atoms with E-state index in [2.05, 4.69) is 4.90 Å². The maximum Gasteiger partial charge on any atom is 0.137 e. The van der Waals surface area contributed by atoms with Gasteiger partial charge < -0.3 is 4.74 Å². The summed E-state index contributed by atoms with van der Waals surface area (Å²) in [6.45, 7) is 6.39. The summed E-state index contributed by atoms with van der Waals surface area (Å²) in [5, 5.41) is 0. The molecule has 0 radical (unpaired) electrons. The van der Waals surface area contributed by atoms with Gasteiger partial charge in [0.25, 0.3) is 0 Å². The van der Waals surface area contributed by atoms with Crippen LogP contribution in [0, 0.1) is 5.41 Å². The van der Waals surface area contributed by atoms with Gasteiger partial charge in [-0.2, -0.15) is 0 Å². The van der Waals surface area contributed by atoms with Crippen LogP contribution in [0.15, 0.2) is 0 Å². The quantitative estimate of drug-likeness (QED) is 0.734. The van der Waals surface area contributed by atoms with Gasteiger partial charge in [0.15, 0.2) is 0 Å². The standard InChI is InChI=1S/C13H23NO2/c1-12(15)13(5-3-2-4-6-13)11-14-7-9-16-10-8-14/h2-11H2,1H3. The predicted molar refractivity (Wildman–Crippen MR) is 63.5 cm³/mol. The van der Waals surface area contributed by atoms with Crippen LogP contribution < -0.4 is 0 Å². The fourth-order valence-electron chi connectivity index (χ4n) is 3.04. The van der Waals surface area contributed by atoms with Gasteiger partial charge in [-0.15, -0.1) is 0 Å². The fourth-order valence-corrected chi connectivity index (χ4v) is 3.04. The van der Waals surface area contributed by atoms with Gasteiger partial charge in [-0.3, -0.25) is 9.69 Å². The predicted octanol–water partition coefficient (Wildman–Crippen LogP) is 1.86. The molecule has 0 N–H and O–H groups in total. The molecule has 2 fully saturated rings. The summed E-state index contributed by atoms with van der Waals surface area (Å²) in [6, 6.07) is 0. The van der Waals surface area contributed by atoms with Gasteiger partial charge in [-0.25, -0.2) is 0 Å². The van der Waals surface area contributed by atoms with E-state index in [0.717, 1.165) is 45.7 Å². The monoisotopic (exact) mass is 225 g/mol. The molecule has 3 nitrogen and oxygen atoms in total. The smallest absolute Gasteiger partial charge is 0.137 e. The summed E-state index contributed by atoms with van der Waals surface area (Å²) >= 11 is 0. The minimum atomic E-state index is -0.0322. The lowest BCUT2D eigenvalue weighted by molar-refractivity contribution is -0.130. The highest BCUT2D eigenvalue weighted by Crippen LogP contribution is 2.38. The highest BCUT2D eigenvalue weighted by Gasteiger charge is 2.38. The molecule has 1 aliphatic heterocycles.